The van der Waals surface area contributed by atoms with Gasteiger partial charge >= 0.3 is 0 Å². The molecule has 0 spiro atoms. The molecule has 114 valence electrons. The third-order valence-corrected chi connectivity index (χ3v) is 4.50. The summed E-state index contributed by atoms with van der Waals surface area (Å²) in [6.07, 6.45) is 3.03. The molecule has 0 aliphatic rings. The minimum atomic E-state index is 0. The van der Waals surface area contributed by atoms with Gasteiger partial charge in [0.05, 0.1) is 0 Å². The molecule has 0 radical (unpaired) electrons. The van der Waals surface area contributed by atoms with Crippen LogP contribution in [0.25, 0.3) is 0 Å². The number of hydrogen-bond donors (Lipinski definition) is 1. The van der Waals surface area contributed by atoms with E-state index in [0.717, 1.165) is 11.4 Å². The lowest BCUT2D eigenvalue weighted by Gasteiger charge is -2.22. The van der Waals surface area contributed by atoms with E-state index in [2.05, 4.69) is 49.6 Å². The zero-order valence-electron chi connectivity index (χ0n) is 12.3. The van der Waals surface area contributed by atoms with E-state index in [4.69, 9.17) is 17.3 Å². The van der Waals surface area contributed by atoms with Crippen molar-refractivity contribution in [3.05, 3.63) is 64.7 Å². The molecule has 0 aliphatic heterocycles. The van der Waals surface area contributed by atoms with E-state index in [9.17, 15) is 0 Å². The van der Waals surface area contributed by atoms with Gasteiger partial charge in [-0.25, -0.2) is 0 Å². The zero-order valence-corrected chi connectivity index (χ0v) is 14.6. The SMILES string of the molecule is CSc1cccc(C(Cc2ccc(Cl)cc2)C(C)N)c1.Cl. The summed E-state index contributed by atoms with van der Waals surface area (Å²) in [6.45, 7) is 2.08. The molecule has 1 nitrogen and oxygen atoms in total. The van der Waals surface area contributed by atoms with Crippen molar-refractivity contribution in [1.82, 2.24) is 0 Å². The number of rotatable bonds is 5. The molecule has 2 atom stereocenters. The Hall–Kier alpha value is -0.670. The fourth-order valence-corrected chi connectivity index (χ4v) is 2.95. The lowest BCUT2D eigenvalue weighted by molar-refractivity contribution is 0.564. The molecule has 0 aliphatic carbocycles. The van der Waals surface area contributed by atoms with Gasteiger partial charge in [0.1, 0.15) is 0 Å². The normalized spacial score (nSPS) is 13.3. The van der Waals surface area contributed by atoms with Crippen LogP contribution in [0.15, 0.2) is 53.4 Å². The molecule has 2 N–H and O–H groups in total. The predicted octanol–water partition coefficient (Wildman–Crippen LogP) is 5.16. The first-order valence-electron chi connectivity index (χ1n) is 6.74. The lowest BCUT2D eigenvalue weighted by Crippen LogP contribution is -2.26. The topological polar surface area (TPSA) is 26.0 Å². The Morgan fingerprint density at radius 2 is 1.81 bits per heavy atom. The number of benzene rings is 2. The molecule has 0 amide bonds. The molecule has 2 aromatic carbocycles. The Bertz CT molecular complexity index is 555. The summed E-state index contributed by atoms with van der Waals surface area (Å²) >= 11 is 7.70. The molecule has 0 fully saturated rings. The van der Waals surface area contributed by atoms with Crippen molar-refractivity contribution >= 4 is 35.8 Å². The van der Waals surface area contributed by atoms with Crippen molar-refractivity contribution in [2.24, 2.45) is 5.73 Å². The summed E-state index contributed by atoms with van der Waals surface area (Å²) in [7, 11) is 0. The van der Waals surface area contributed by atoms with Crippen LogP contribution < -0.4 is 5.73 Å². The molecule has 21 heavy (non-hydrogen) atoms. The summed E-state index contributed by atoms with van der Waals surface area (Å²) in [5.41, 5.74) is 8.78. The number of nitrogens with two attached hydrogens (primary N) is 1. The highest BCUT2D eigenvalue weighted by molar-refractivity contribution is 7.98. The van der Waals surface area contributed by atoms with Gasteiger partial charge in [0.25, 0.3) is 0 Å². The van der Waals surface area contributed by atoms with Crippen LogP contribution in [-0.4, -0.2) is 12.3 Å². The van der Waals surface area contributed by atoms with E-state index in [1.54, 1.807) is 11.8 Å². The van der Waals surface area contributed by atoms with Crippen molar-refractivity contribution < 1.29 is 0 Å². The average molecular weight is 342 g/mol. The van der Waals surface area contributed by atoms with E-state index in [0.29, 0.717) is 5.92 Å². The maximum Gasteiger partial charge on any atom is 0.0406 e. The Morgan fingerprint density at radius 3 is 2.38 bits per heavy atom. The standard InChI is InChI=1S/C17H20ClNS.ClH/c1-12(19)17(10-13-6-8-15(18)9-7-13)14-4-3-5-16(11-14)20-2;/h3-9,11-12,17H,10,19H2,1-2H3;1H. The van der Waals surface area contributed by atoms with Crippen LogP contribution in [0, 0.1) is 0 Å². The Labute approximate surface area is 142 Å². The predicted molar refractivity (Wildman–Crippen MR) is 97.0 cm³/mol. The molecule has 0 saturated carbocycles. The summed E-state index contributed by atoms with van der Waals surface area (Å²) in [6, 6.07) is 16.8. The van der Waals surface area contributed by atoms with E-state index >= 15 is 0 Å². The second kappa shape index (κ2) is 8.70. The molecule has 2 unspecified atom stereocenters. The monoisotopic (exact) mass is 341 g/mol. The second-order valence-electron chi connectivity index (χ2n) is 5.07. The molecular formula is C17H21Cl2NS. The minimum Gasteiger partial charge on any atom is -0.327 e. The Morgan fingerprint density at radius 1 is 1.14 bits per heavy atom. The summed E-state index contributed by atoms with van der Waals surface area (Å²) < 4.78 is 0. The van der Waals surface area contributed by atoms with Crippen molar-refractivity contribution in [1.29, 1.82) is 0 Å². The number of hydrogen-bond acceptors (Lipinski definition) is 2. The fraction of sp³-hybridized carbons (Fsp3) is 0.294. The van der Waals surface area contributed by atoms with Crippen LogP contribution in [0.2, 0.25) is 5.02 Å². The first-order valence-corrected chi connectivity index (χ1v) is 8.34. The largest absolute Gasteiger partial charge is 0.327 e. The molecule has 0 bridgehead atoms. The minimum absolute atomic E-state index is 0. The number of halogens is 2. The van der Waals surface area contributed by atoms with Crippen molar-refractivity contribution in [2.45, 2.75) is 30.2 Å². The molecule has 4 heteroatoms. The molecular weight excluding hydrogens is 321 g/mol. The van der Waals surface area contributed by atoms with Crippen LogP contribution in [-0.2, 0) is 6.42 Å². The lowest BCUT2D eigenvalue weighted by atomic mass is 9.87. The summed E-state index contributed by atoms with van der Waals surface area (Å²) in [4.78, 5) is 1.28. The highest BCUT2D eigenvalue weighted by atomic mass is 35.5. The third-order valence-electron chi connectivity index (χ3n) is 3.53. The summed E-state index contributed by atoms with van der Waals surface area (Å²) in [5, 5.41) is 0.774. The van der Waals surface area contributed by atoms with Gasteiger partial charge in [0.15, 0.2) is 0 Å². The van der Waals surface area contributed by atoms with E-state index < -0.39 is 0 Å². The second-order valence-corrected chi connectivity index (χ2v) is 6.39. The van der Waals surface area contributed by atoms with Gasteiger partial charge in [-0.15, -0.1) is 24.2 Å². The third kappa shape index (κ3) is 5.23. The van der Waals surface area contributed by atoms with E-state index in [-0.39, 0.29) is 18.4 Å². The zero-order chi connectivity index (χ0) is 14.5. The Balaban J connectivity index is 0.00000220. The smallest absolute Gasteiger partial charge is 0.0406 e. The van der Waals surface area contributed by atoms with Crippen molar-refractivity contribution in [3.8, 4) is 0 Å². The summed E-state index contributed by atoms with van der Waals surface area (Å²) in [5.74, 6) is 0.322. The highest BCUT2D eigenvalue weighted by Crippen LogP contribution is 2.27. The van der Waals surface area contributed by atoms with Crippen LogP contribution >= 0.6 is 35.8 Å². The molecule has 2 aromatic rings. The first kappa shape index (κ1) is 18.4. The van der Waals surface area contributed by atoms with Gasteiger partial charge in [-0.05, 0) is 55.0 Å². The van der Waals surface area contributed by atoms with E-state index in [1.807, 2.05) is 12.1 Å². The fourth-order valence-electron chi connectivity index (χ4n) is 2.35. The van der Waals surface area contributed by atoms with Crippen LogP contribution in [0.5, 0.6) is 0 Å². The van der Waals surface area contributed by atoms with Gasteiger partial charge in [-0.1, -0.05) is 35.9 Å². The van der Waals surface area contributed by atoms with Crippen LogP contribution in [0.3, 0.4) is 0 Å². The van der Waals surface area contributed by atoms with Crippen LogP contribution in [0.4, 0.5) is 0 Å². The van der Waals surface area contributed by atoms with Crippen LogP contribution in [0.1, 0.15) is 24.0 Å². The maximum absolute atomic E-state index is 6.21. The van der Waals surface area contributed by atoms with Gasteiger partial charge in [-0.2, -0.15) is 0 Å². The van der Waals surface area contributed by atoms with Gasteiger partial charge < -0.3 is 5.73 Å². The molecule has 2 rings (SSSR count). The average Bonchev–Trinajstić information content (AvgIpc) is 2.46. The maximum atomic E-state index is 6.21. The quantitative estimate of drug-likeness (QED) is 0.760. The highest BCUT2D eigenvalue weighted by Gasteiger charge is 2.17. The first-order chi connectivity index (χ1) is 9.60. The van der Waals surface area contributed by atoms with Gasteiger partial charge in [0.2, 0.25) is 0 Å². The van der Waals surface area contributed by atoms with Gasteiger partial charge in [0, 0.05) is 21.9 Å². The molecule has 0 aromatic heterocycles. The Kier molecular flexibility index (Phi) is 7.61. The molecule has 0 heterocycles. The molecule has 0 saturated heterocycles. The van der Waals surface area contributed by atoms with Gasteiger partial charge in [-0.3, -0.25) is 0 Å². The van der Waals surface area contributed by atoms with E-state index in [1.165, 1.54) is 16.0 Å². The van der Waals surface area contributed by atoms with Crippen molar-refractivity contribution in [3.63, 3.8) is 0 Å². The number of thioether (sulfide) groups is 1. The van der Waals surface area contributed by atoms with Crippen molar-refractivity contribution in [2.75, 3.05) is 6.26 Å².